The smallest absolute Gasteiger partial charge is 0.404 e. The summed E-state index contributed by atoms with van der Waals surface area (Å²) in [7, 11) is -4.24. The van der Waals surface area contributed by atoms with E-state index < -0.39 is 46.5 Å². The van der Waals surface area contributed by atoms with Crippen LogP contribution in [0.15, 0.2) is 47.4 Å². The zero-order valence-corrected chi connectivity index (χ0v) is 28.9. The van der Waals surface area contributed by atoms with Crippen molar-refractivity contribution in [3.05, 3.63) is 48.0 Å². The lowest BCUT2D eigenvalue weighted by molar-refractivity contribution is -0.0907. The summed E-state index contributed by atoms with van der Waals surface area (Å²) >= 11 is 1.91. The van der Waals surface area contributed by atoms with E-state index in [-0.39, 0.29) is 43.1 Å². The molecular weight excluding hydrogens is 663 g/mol. The lowest BCUT2D eigenvalue weighted by Gasteiger charge is -2.42. The predicted molar refractivity (Wildman–Crippen MR) is 178 cm³/mol. The largest absolute Gasteiger partial charge is 0.492 e. The molecule has 3 saturated heterocycles. The molecule has 264 valence electrons. The molecule has 1 unspecified atom stereocenters. The van der Waals surface area contributed by atoms with Crippen molar-refractivity contribution in [3.8, 4) is 17.2 Å². The van der Waals surface area contributed by atoms with Gasteiger partial charge in [0.1, 0.15) is 12.4 Å². The van der Waals surface area contributed by atoms with Crippen molar-refractivity contribution in [2.45, 2.75) is 56.1 Å². The highest BCUT2D eigenvalue weighted by atomic mass is 32.2. The topological polar surface area (TPSA) is 156 Å². The number of carboxylic acid groups (broad SMARTS) is 1. The summed E-state index contributed by atoms with van der Waals surface area (Å²) in [6.07, 6.45) is -2.52. The molecule has 2 aromatic rings. The molecule has 0 spiro atoms. The van der Waals surface area contributed by atoms with Crippen molar-refractivity contribution >= 4 is 27.9 Å². The van der Waals surface area contributed by atoms with Gasteiger partial charge in [0.05, 0.1) is 36.3 Å². The Hall–Kier alpha value is -2.79. The van der Waals surface area contributed by atoms with E-state index in [0.717, 1.165) is 30.3 Å². The van der Waals surface area contributed by atoms with E-state index in [1.807, 2.05) is 49.9 Å². The average molecular weight is 708 g/mol. The van der Waals surface area contributed by atoms with Crippen LogP contribution in [0.25, 0.3) is 0 Å². The molecule has 0 aliphatic carbocycles. The molecule has 3 fully saturated rings. The van der Waals surface area contributed by atoms with Crippen molar-refractivity contribution in [2.75, 3.05) is 57.9 Å². The number of aliphatic hydroxyl groups excluding tert-OH is 1. The monoisotopic (exact) mass is 707 g/mol. The molecule has 0 aromatic heterocycles. The van der Waals surface area contributed by atoms with Crippen LogP contribution in [0.3, 0.4) is 0 Å². The van der Waals surface area contributed by atoms with Gasteiger partial charge in [-0.05, 0) is 48.6 Å². The van der Waals surface area contributed by atoms with Crippen LogP contribution in [0.1, 0.15) is 25.8 Å². The van der Waals surface area contributed by atoms with Gasteiger partial charge in [0.15, 0.2) is 17.8 Å². The minimum absolute atomic E-state index is 0.00809. The fraction of sp³-hybridized carbons (Fsp3) is 0.606. The Bertz CT molecular complexity index is 1510. The second-order valence-corrected chi connectivity index (χ2v) is 16.0. The molecule has 3 N–H and O–H groups in total. The van der Waals surface area contributed by atoms with Gasteiger partial charge in [0.25, 0.3) is 0 Å². The number of rotatable bonds is 15. The van der Waals surface area contributed by atoms with Crippen molar-refractivity contribution in [2.24, 2.45) is 17.8 Å². The molecule has 4 aliphatic rings. The number of benzene rings is 2. The zero-order chi connectivity index (χ0) is 33.8. The van der Waals surface area contributed by atoms with Gasteiger partial charge in [-0.2, -0.15) is 4.31 Å². The first kappa shape index (κ1) is 35.1. The van der Waals surface area contributed by atoms with Crippen LogP contribution in [0.5, 0.6) is 17.2 Å². The molecule has 2 aromatic carbocycles. The van der Waals surface area contributed by atoms with E-state index in [2.05, 4.69) is 10.2 Å². The van der Waals surface area contributed by atoms with Gasteiger partial charge >= 0.3 is 6.09 Å². The Balaban J connectivity index is 1.29. The highest BCUT2D eigenvalue weighted by Gasteiger charge is 2.52. The third-order valence-corrected chi connectivity index (χ3v) is 12.2. The Morgan fingerprint density at radius 2 is 1.94 bits per heavy atom. The van der Waals surface area contributed by atoms with Gasteiger partial charge in [-0.25, -0.2) is 13.2 Å². The molecule has 0 saturated carbocycles. The molecule has 1 amide bonds. The van der Waals surface area contributed by atoms with E-state index in [1.54, 1.807) is 6.07 Å². The number of sulfonamides is 1. The summed E-state index contributed by atoms with van der Waals surface area (Å²) in [6.45, 7) is 6.94. The molecule has 4 aliphatic heterocycles. The number of nitrogens with one attached hydrogen (secondary N) is 1. The van der Waals surface area contributed by atoms with Crippen molar-refractivity contribution in [3.63, 3.8) is 0 Å². The number of aliphatic hydroxyl groups is 1. The van der Waals surface area contributed by atoms with Crippen LogP contribution in [-0.4, -0.2) is 116 Å². The lowest BCUT2D eigenvalue weighted by atomic mass is 9.81. The van der Waals surface area contributed by atoms with E-state index in [9.17, 15) is 23.4 Å². The molecule has 6 atom stereocenters. The predicted octanol–water partition coefficient (Wildman–Crippen LogP) is 3.06. The first-order chi connectivity index (χ1) is 23.1. The summed E-state index contributed by atoms with van der Waals surface area (Å²) in [4.78, 5) is 14.5. The minimum Gasteiger partial charge on any atom is -0.492 e. The summed E-state index contributed by atoms with van der Waals surface area (Å²) in [6, 6.07) is 9.71. The third kappa shape index (κ3) is 7.98. The maximum atomic E-state index is 14.6. The zero-order valence-electron chi connectivity index (χ0n) is 27.2. The van der Waals surface area contributed by atoms with Gasteiger partial charge in [0, 0.05) is 49.2 Å². The standard InChI is InChI=1S/C33H45N3O10S2/c1-21(2)17-36(48(40,41)24-7-8-28-29(16-24)46-20-45-28)30(26-18-44-32-25(26)9-12-43-32)31(37)27(34-33(38)39)15-22-3-5-23(6-4-22)42-13-10-35-11-14-47-19-35/h3-8,16,21,25-27,30-32,34,37H,9-15,17-20H2,1-2H3,(H,38,39)/t25-,26+,27-,30?,31+,32+/m0/s1. The molecule has 4 heterocycles. The normalized spacial score (nSPS) is 24.1. The molecule has 0 radical (unpaired) electrons. The number of ether oxygens (including phenoxy) is 5. The number of hydrogen-bond acceptors (Lipinski definition) is 11. The third-order valence-electron chi connectivity index (χ3n) is 9.30. The Morgan fingerprint density at radius 3 is 2.67 bits per heavy atom. The molecule has 15 heteroatoms. The van der Waals surface area contributed by atoms with Gasteiger partial charge in [0.2, 0.25) is 16.8 Å². The van der Waals surface area contributed by atoms with Crippen LogP contribution in [0.4, 0.5) is 4.79 Å². The molecule has 13 nitrogen and oxygen atoms in total. The minimum atomic E-state index is -4.24. The Labute approximate surface area is 285 Å². The number of hydrogen-bond donors (Lipinski definition) is 3. The van der Waals surface area contributed by atoms with Crippen LogP contribution in [0, 0.1) is 17.8 Å². The van der Waals surface area contributed by atoms with Crippen molar-refractivity contribution in [1.82, 2.24) is 14.5 Å². The van der Waals surface area contributed by atoms with Crippen LogP contribution in [0.2, 0.25) is 0 Å². The van der Waals surface area contributed by atoms with Crippen molar-refractivity contribution in [1.29, 1.82) is 0 Å². The SMILES string of the molecule is CC(C)CN(C([C@H](O)[C@H](Cc1ccc(OCCN2CCSC2)cc1)NC(=O)O)[C@@H]1CO[C@H]2OCC[C@H]21)S(=O)(=O)c1ccc2c(c1)OCO2. The number of fused-ring (bicyclic) bond motifs is 2. The van der Waals surface area contributed by atoms with E-state index in [0.29, 0.717) is 36.9 Å². The Morgan fingerprint density at radius 1 is 1.15 bits per heavy atom. The molecular formula is C33H45N3O10S2. The summed E-state index contributed by atoms with van der Waals surface area (Å²) in [5.41, 5.74) is 0.758. The van der Waals surface area contributed by atoms with Gasteiger partial charge in [-0.3, -0.25) is 4.90 Å². The summed E-state index contributed by atoms with van der Waals surface area (Å²) in [5.74, 6) is 2.85. The molecule has 6 rings (SSSR count). The average Bonchev–Trinajstić information content (AvgIpc) is 3.87. The van der Waals surface area contributed by atoms with Crippen LogP contribution < -0.4 is 19.5 Å². The highest BCUT2D eigenvalue weighted by molar-refractivity contribution is 7.99. The first-order valence-electron chi connectivity index (χ1n) is 16.4. The van der Waals surface area contributed by atoms with Gasteiger partial charge in [-0.15, -0.1) is 11.8 Å². The van der Waals surface area contributed by atoms with Gasteiger partial charge < -0.3 is 39.2 Å². The van der Waals surface area contributed by atoms with Crippen LogP contribution in [-0.2, 0) is 25.9 Å². The lowest BCUT2D eigenvalue weighted by Crippen LogP contribution is -2.60. The number of nitrogens with zero attached hydrogens (tertiary/aromatic N) is 2. The second-order valence-electron chi connectivity index (χ2n) is 13.1. The molecule has 0 bridgehead atoms. The van der Waals surface area contributed by atoms with Crippen molar-refractivity contribution < 1.29 is 47.1 Å². The quantitative estimate of drug-likeness (QED) is 0.249. The highest BCUT2D eigenvalue weighted by Crippen LogP contribution is 2.42. The summed E-state index contributed by atoms with van der Waals surface area (Å²) < 4.78 is 59.0. The van der Waals surface area contributed by atoms with E-state index in [4.69, 9.17) is 23.7 Å². The first-order valence-corrected chi connectivity index (χ1v) is 19.0. The Kier molecular flexibility index (Phi) is 11.2. The number of carbonyl (C=O) groups is 1. The molecule has 48 heavy (non-hydrogen) atoms. The number of amides is 1. The maximum absolute atomic E-state index is 14.6. The fourth-order valence-corrected chi connectivity index (χ4v) is 9.84. The van der Waals surface area contributed by atoms with Gasteiger partial charge in [-0.1, -0.05) is 26.0 Å². The second kappa shape index (κ2) is 15.4. The summed E-state index contributed by atoms with van der Waals surface area (Å²) in [5, 5.41) is 24.7. The van der Waals surface area contributed by atoms with E-state index >= 15 is 0 Å². The van der Waals surface area contributed by atoms with Crippen LogP contribution >= 0.6 is 11.8 Å². The maximum Gasteiger partial charge on any atom is 0.404 e. The van der Waals surface area contributed by atoms with E-state index in [1.165, 1.54) is 16.4 Å². The fourth-order valence-electron chi connectivity index (χ4n) is 6.95. The number of thioether (sulfide) groups is 1.